The highest BCUT2D eigenvalue weighted by Crippen LogP contribution is 2.31. The molecular weight excluding hydrogens is 200 g/mol. The van der Waals surface area contributed by atoms with Gasteiger partial charge in [-0.15, -0.1) is 0 Å². The Morgan fingerprint density at radius 1 is 1.50 bits per heavy atom. The van der Waals surface area contributed by atoms with Crippen molar-refractivity contribution >= 4 is 5.69 Å². The largest absolute Gasteiger partial charge is 0.388 e. The fraction of sp³-hybridized carbons (Fsp3) is 0.538. The Hall–Kier alpha value is -1.06. The van der Waals surface area contributed by atoms with E-state index in [2.05, 4.69) is 22.8 Å². The summed E-state index contributed by atoms with van der Waals surface area (Å²) in [5.41, 5.74) is 1.80. The lowest BCUT2D eigenvalue weighted by molar-refractivity contribution is 0.0337. The van der Waals surface area contributed by atoms with Crippen LogP contribution in [0.15, 0.2) is 24.3 Å². The van der Waals surface area contributed by atoms with Gasteiger partial charge in [0.15, 0.2) is 0 Å². The Balaban J connectivity index is 2.05. The SMILES string of the molecule is CNCCC(C)(O)C1Cc2ccccc2N1. The molecule has 3 nitrogen and oxygen atoms in total. The Bertz CT molecular complexity index is 338. The first-order valence-corrected chi connectivity index (χ1v) is 5.85. The fourth-order valence-electron chi connectivity index (χ4n) is 2.23. The van der Waals surface area contributed by atoms with E-state index in [0.717, 1.165) is 25.1 Å². The standard InChI is InChI=1S/C13H20N2O/c1-13(16,7-8-14-2)12-9-10-5-3-4-6-11(10)15-12/h3-6,12,14-16H,7-9H2,1-2H3. The van der Waals surface area contributed by atoms with Gasteiger partial charge in [-0.1, -0.05) is 18.2 Å². The normalized spacial score (nSPS) is 22.3. The number of hydrogen-bond donors (Lipinski definition) is 3. The molecule has 1 aliphatic heterocycles. The third kappa shape index (κ3) is 2.20. The van der Waals surface area contributed by atoms with Crippen molar-refractivity contribution in [2.24, 2.45) is 0 Å². The van der Waals surface area contributed by atoms with Gasteiger partial charge in [-0.2, -0.15) is 0 Å². The lowest BCUT2D eigenvalue weighted by Crippen LogP contribution is -2.45. The molecule has 0 spiro atoms. The number of fused-ring (bicyclic) bond motifs is 1. The van der Waals surface area contributed by atoms with Crippen molar-refractivity contribution in [3.63, 3.8) is 0 Å². The fourth-order valence-corrected chi connectivity index (χ4v) is 2.23. The number of anilines is 1. The molecule has 1 aromatic carbocycles. The van der Waals surface area contributed by atoms with Gasteiger partial charge in [0.2, 0.25) is 0 Å². The molecule has 3 heteroatoms. The highest BCUT2D eigenvalue weighted by Gasteiger charge is 2.35. The summed E-state index contributed by atoms with van der Waals surface area (Å²) in [6, 6.07) is 8.39. The van der Waals surface area contributed by atoms with E-state index in [1.807, 2.05) is 26.1 Å². The molecule has 1 aliphatic rings. The van der Waals surface area contributed by atoms with Crippen LogP contribution in [0, 0.1) is 0 Å². The van der Waals surface area contributed by atoms with Crippen molar-refractivity contribution in [2.75, 3.05) is 18.9 Å². The molecule has 1 heterocycles. The third-order valence-electron chi connectivity index (χ3n) is 3.40. The van der Waals surface area contributed by atoms with Crippen molar-refractivity contribution in [1.82, 2.24) is 5.32 Å². The molecular formula is C13H20N2O. The van der Waals surface area contributed by atoms with Crippen LogP contribution in [-0.2, 0) is 6.42 Å². The first-order valence-electron chi connectivity index (χ1n) is 5.85. The maximum Gasteiger partial charge on any atom is 0.0835 e. The Morgan fingerprint density at radius 3 is 2.94 bits per heavy atom. The molecule has 0 saturated heterocycles. The summed E-state index contributed by atoms with van der Waals surface area (Å²) < 4.78 is 0. The summed E-state index contributed by atoms with van der Waals surface area (Å²) in [6.45, 7) is 2.75. The number of benzene rings is 1. The topological polar surface area (TPSA) is 44.3 Å². The lowest BCUT2D eigenvalue weighted by Gasteiger charge is -2.30. The minimum absolute atomic E-state index is 0.123. The number of para-hydroxylation sites is 1. The molecule has 3 N–H and O–H groups in total. The summed E-state index contributed by atoms with van der Waals surface area (Å²) in [7, 11) is 1.91. The molecule has 0 aliphatic carbocycles. The van der Waals surface area contributed by atoms with E-state index in [1.165, 1.54) is 5.56 Å². The Kier molecular flexibility index (Phi) is 3.17. The van der Waals surface area contributed by atoms with Gasteiger partial charge in [-0.25, -0.2) is 0 Å². The second-order valence-electron chi connectivity index (χ2n) is 4.77. The van der Waals surface area contributed by atoms with E-state index >= 15 is 0 Å². The van der Waals surface area contributed by atoms with Crippen LogP contribution >= 0.6 is 0 Å². The van der Waals surface area contributed by atoms with Crippen molar-refractivity contribution < 1.29 is 5.11 Å². The van der Waals surface area contributed by atoms with Crippen LogP contribution in [0.1, 0.15) is 18.9 Å². The summed E-state index contributed by atoms with van der Waals surface area (Å²) in [4.78, 5) is 0. The average molecular weight is 220 g/mol. The molecule has 0 aromatic heterocycles. The van der Waals surface area contributed by atoms with Crippen LogP contribution < -0.4 is 10.6 Å². The second kappa shape index (κ2) is 4.44. The Morgan fingerprint density at radius 2 is 2.25 bits per heavy atom. The van der Waals surface area contributed by atoms with E-state index in [-0.39, 0.29) is 6.04 Å². The molecule has 0 saturated carbocycles. The Labute approximate surface area is 96.9 Å². The monoisotopic (exact) mass is 220 g/mol. The predicted molar refractivity (Wildman–Crippen MR) is 66.7 cm³/mol. The summed E-state index contributed by atoms with van der Waals surface area (Å²) in [5.74, 6) is 0. The molecule has 88 valence electrons. The molecule has 0 bridgehead atoms. The molecule has 16 heavy (non-hydrogen) atoms. The highest BCUT2D eigenvalue weighted by atomic mass is 16.3. The molecule has 0 fully saturated rings. The van der Waals surface area contributed by atoms with Crippen molar-refractivity contribution in [3.05, 3.63) is 29.8 Å². The van der Waals surface area contributed by atoms with E-state index < -0.39 is 5.60 Å². The van der Waals surface area contributed by atoms with Crippen LogP contribution in [0.25, 0.3) is 0 Å². The summed E-state index contributed by atoms with van der Waals surface area (Å²) in [5, 5.41) is 16.9. The van der Waals surface area contributed by atoms with Crippen molar-refractivity contribution in [2.45, 2.75) is 31.4 Å². The maximum atomic E-state index is 10.4. The van der Waals surface area contributed by atoms with Crippen molar-refractivity contribution in [1.29, 1.82) is 0 Å². The van der Waals surface area contributed by atoms with Gasteiger partial charge in [0, 0.05) is 5.69 Å². The first-order chi connectivity index (χ1) is 7.63. The number of aliphatic hydroxyl groups is 1. The zero-order valence-electron chi connectivity index (χ0n) is 9.96. The number of hydrogen-bond acceptors (Lipinski definition) is 3. The molecule has 0 radical (unpaired) electrons. The quantitative estimate of drug-likeness (QED) is 0.718. The first kappa shape index (κ1) is 11.4. The van der Waals surface area contributed by atoms with Crippen LogP contribution in [-0.4, -0.2) is 30.3 Å². The van der Waals surface area contributed by atoms with E-state index in [1.54, 1.807) is 0 Å². The van der Waals surface area contributed by atoms with Gasteiger partial charge in [0.1, 0.15) is 0 Å². The minimum atomic E-state index is -0.665. The van der Waals surface area contributed by atoms with Gasteiger partial charge in [-0.05, 0) is 45.0 Å². The summed E-state index contributed by atoms with van der Waals surface area (Å²) >= 11 is 0. The number of nitrogens with one attached hydrogen (secondary N) is 2. The van der Waals surface area contributed by atoms with E-state index in [9.17, 15) is 5.11 Å². The molecule has 0 amide bonds. The summed E-state index contributed by atoms with van der Waals surface area (Å²) in [6.07, 6.45) is 1.67. The van der Waals surface area contributed by atoms with Gasteiger partial charge in [0.25, 0.3) is 0 Å². The van der Waals surface area contributed by atoms with Gasteiger partial charge in [-0.3, -0.25) is 0 Å². The van der Waals surface area contributed by atoms with Gasteiger partial charge >= 0.3 is 0 Å². The lowest BCUT2D eigenvalue weighted by atomic mass is 9.90. The zero-order valence-corrected chi connectivity index (χ0v) is 9.96. The van der Waals surface area contributed by atoms with Crippen LogP contribution in [0.2, 0.25) is 0 Å². The molecule has 1 aromatic rings. The van der Waals surface area contributed by atoms with E-state index in [0.29, 0.717) is 0 Å². The predicted octanol–water partition coefficient (Wildman–Crippen LogP) is 1.38. The van der Waals surface area contributed by atoms with Crippen LogP contribution in [0.3, 0.4) is 0 Å². The van der Waals surface area contributed by atoms with Crippen LogP contribution in [0.5, 0.6) is 0 Å². The average Bonchev–Trinajstić information content (AvgIpc) is 2.71. The molecule has 2 unspecified atom stereocenters. The van der Waals surface area contributed by atoms with Crippen LogP contribution in [0.4, 0.5) is 5.69 Å². The molecule has 2 rings (SSSR count). The van der Waals surface area contributed by atoms with Gasteiger partial charge in [0.05, 0.1) is 11.6 Å². The number of rotatable bonds is 4. The third-order valence-corrected chi connectivity index (χ3v) is 3.40. The molecule has 2 atom stereocenters. The smallest absolute Gasteiger partial charge is 0.0835 e. The maximum absolute atomic E-state index is 10.4. The zero-order chi connectivity index (χ0) is 11.6. The van der Waals surface area contributed by atoms with Gasteiger partial charge < -0.3 is 15.7 Å². The second-order valence-corrected chi connectivity index (χ2v) is 4.77. The van der Waals surface area contributed by atoms with Crippen molar-refractivity contribution in [3.8, 4) is 0 Å². The highest BCUT2D eigenvalue weighted by molar-refractivity contribution is 5.57. The van der Waals surface area contributed by atoms with E-state index in [4.69, 9.17) is 0 Å². The minimum Gasteiger partial charge on any atom is -0.388 e.